The molecule has 3 aromatic rings. The van der Waals surface area contributed by atoms with Crippen molar-refractivity contribution < 1.29 is 13.6 Å². The van der Waals surface area contributed by atoms with Gasteiger partial charge in [0.25, 0.3) is 5.91 Å². The number of nitrogens with one attached hydrogen (secondary N) is 1. The Balaban J connectivity index is 1.85. The molecule has 1 amide bonds. The first-order chi connectivity index (χ1) is 11.5. The van der Waals surface area contributed by atoms with Crippen molar-refractivity contribution >= 4 is 17.3 Å². The van der Waals surface area contributed by atoms with Gasteiger partial charge >= 0.3 is 0 Å². The van der Waals surface area contributed by atoms with Crippen LogP contribution in [-0.4, -0.2) is 10.9 Å². The highest BCUT2D eigenvalue weighted by Crippen LogP contribution is 2.21. The number of amides is 1. The second kappa shape index (κ2) is 6.45. The Kier molecular flexibility index (Phi) is 4.20. The van der Waals surface area contributed by atoms with Gasteiger partial charge in [-0.2, -0.15) is 0 Å². The Morgan fingerprint density at radius 2 is 1.75 bits per heavy atom. The fraction of sp³-hybridized carbons (Fsp3) is 0. The van der Waals surface area contributed by atoms with Crippen LogP contribution < -0.4 is 11.1 Å². The number of pyridine rings is 1. The van der Waals surface area contributed by atoms with Crippen molar-refractivity contribution in [1.29, 1.82) is 0 Å². The lowest BCUT2D eigenvalue weighted by Gasteiger charge is -2.08. The van der Waals surface area contributed by atoms with Gasteiger partial charge in [-0.3, -0.25) is 9.78 Å². The summed E-state index contributed by atoms with van der Waals surface area (Å²) in [5.74, 6) is -1.62. The van der Waals surface area contributed by atoms with E-state index < -0.39 is 11.7 Å². The fourth-order valence-electron chi connectivity index (χ4n) is 2.20. The summed E-state index contributed by atoms with van der Waals surface area (Å²) < 4.78 is 26.7. The molecule has 24 heavy (non-hydrogen) atoms. The summed E-state index contributed by atoms with van der Waals surface area (Å²) in [5, 5.41) is 2.60. The van der Waals surface area contributed by atoms with Crippen LogP contribution in [0.15, 0.2) is 60.8 Å². The van der Waals surface area contributed by atoms with E-state index in [4.69, 9.17) is 5.73 Å². The highest BCUT2D eigenvalue weighted by atomic mass is 19.1. The summed E-state index contributed by atoms with van der Waals surface area (Å²) in [6.07, 6.45) is 1.50. The molecule has 2 aromatic carbocycles. The minimum Gasteiger partial charge on any atom is -0.399 e. The lowest BCUT2D eigenvalue weighted by atomic mass is 10.1. The molecule has 0 saturated heterocycles. The van der Waals surface area contributed by atoms with Crippen LogP contribution in [0, 0.1) is 11.6 Å². The maximum atomic E-state index is 13.7. The van der Waals surface area contributed by atoms with E-state index in [2.05, 4.69) is 10.3 Å². The van der Waals surface area contributed by atoms with E-state index in [9.17, 15) is 13.6 Å². The lowest BCUT2D eigenvalue weighted by molar-refractivity contribution is 0.102. The molecular formula is C18H13F2N3O. The van der Waals surface area contributed by atoms with Crippen LogP contribution in [0.1, 0.15) is 10.4 Å². The van der Waals surface area contributed by atoms with Crippen LogP contribution in [0.3, 0.4) is 0 Å². The number of carbonyl (C=O) groups excluding carboxylic acids is 1. The molecule has 0 saturated carbocycles. The van der Waals surface area contributed by atoms with Gasteiger partial charge in [0.2, 0.25) is 0 Å². The maximum Gasteiger partial charge on any atom is 0.258 e. The van der Waals surface area contributed by atoms with Gasteiger partial charge in [-0.1, -0.05) is 0 Å². The van der Waals surface area contributed by atoms with Crippen LogP contribution in [0.25, 0.3) is 11.3 Å². The molecule has 0 bridgehead atoms. The third kappa shape index (κ3) is 3.38. The molecule has 1 heterocycles. The van der Waals surface area contributed by atoms with Crippen molar-refractivity contribution in [2.75, 3.05) is 11.1 Å². The molecule has 0 fully saturated rings. The Hall–Kier alpha value is -3.28. The van der Waals surface area contributed by atoms with E-state index in [0.717, 1.165) is 6.07 Å². The van der Waals surface area contributed by atoms with Crippen molar-refractivity contribution in [3.8, 4) is 11.3 Å². The maximum absolute atomic E-state index is 13.7. The SMILES string of the molecule is Nc1ccc(F)c(C(=O)Nc2ccnc(-c3ccc(F)cc3)c2)c1. The first-order valence-corrected chi connectivity index (χ1v) is 7.11. The molecule has 0 spiro atoms. The predicted molar refractivity (Wildman–Crippen MR) is 88.4 cm³/mol. The number of nitrogen functional groups attached to an aromatic ring is 1. The van der Waals surface area contributed by atoms with E-state index in [1.54, 1.807) is 24.3 Å². The normalized spacial score (nSPS) is 10.4. The first-order valence-electron chi connectivity index (χ1n) is 7.11. The first kappa shape index (κ1) is 15.6. The van der Waals surface area contributed by atoms with Crippen LogP contribution in [0.4, 0.5) is 20.2 Å². The van der Waals surface area contributed by atoms with Crippen LogP contribution >= 0.6 is 0 Å². The monoisotopic (exact) mass is 325 g/mol. The number of hydrogen-bond donors (Lipinski definition) is 2. The summed E-state index contributed by atoms with van der Waals surface area (Å²) in [6.45, 7) is 0. The third-order valence-electron chi connectivity index (χ3n) is 3.39. The number of aromatic nitrogens is 1. The number of nitrogens with two attached hydrogens (primary N) is 1. The summed E-state index contributed by atoms with van der Waals surface area (Å²) in [7, 11) is 0. The number of carbonyl (C=O) groups is 1. The van der Waals surface area contributed by atoms with Crippen molar-refractivity contribution in [1.82, 2.24) is 4.98 Å². The molecule has 3 N–H and O–H groups in total. The molecule has 120 valence electrons. The quantitative estimate of drug-likeness (QED) is 0.719. The molecule has 1 aromatic heterocycles. The highest BCUT2D eigenvalue weighted by Gasteiger charge is 2.13. The van der Waals surface area contributed by atoms with Crippen LogP contribution in [0.5, 0.6) is 0 Å². The van der Waals surface area contributed by atoms with Crippen LogP contribution in [0.2, 0.25) is 0 Å². The average molecular weight is 325 g/mol. The topological polar surface area (TPSA) is 68.0 Å². The number of rotatable bonds is 3. The minimum atomic E-state index is -0.658. The van der Waals surface area contributed by atoms with Crippen molar-refractivity contribution in [3.05, 3.63) is 78.0 Å². The molecule has 0 radical (unpaired) electrons. The molecule has 0 aliphatic carbocycles. The number of anilines is 2. The van der Waals surface area contributed by atoms with Gasteiger partial charge in [0, 0.05) is 23.1 Å². The zero-order valence-electron chi connectivity index (χ0n) is 12.5. The van der Waals surface area contributed by atoms with E-state index >= 15 is 0 Å². The molecule has 0 aliphatic heterocycles. The van der Waals surface area contributed by atoms with Gasteiger partial charge in [-0.25, -0.2) is 8.78 Å². The number of nitrogens with zero attached hydrogens (tertiary/aromatic N) is 1. The van der Waals surface area contributed by atoms with E-state index in [1.165, 1.54) is 30.5 Å². The second-order valence-corrected chi connectivity index (χ2v) is 5.13. The van der Waals surface area contributed by atoms with E-state index in [1.807, 2.05) is 0 Å². The van der Waals surface area contributed by atoms with Gasteiger partial charge in [-0.05, 0) is 54.6 Å². The van der Waals surface area contributed by atoms with Crippen molar-refractivity contribution in [2.24, 2.45) is 0 Å². The van der Waals surface area contributed by atoms with E-state index in [-0.39, 0.29) is 11.4 Å². The lowest BCUT2D eigenvalue weighted by Crippen LogP contribution is -2.14. The van der Waals surface area contributed by atoms with Gasteiger partial charge in [0.05, 0.1) is 11.3 Å². The largest absolute Gasteiger partial charge is 0.399 e. The van der Waals surface area contributed by atoms with Gasteiger partial charge in [-0.15, -0.1) is 0 Å². The summed E-state index contributed by atoms with van der Waals surface area (Å²) >= 11 is 0. The molecule has 0 aliphatic rings. The van der Waals surface area contributed by atoms with E-state index in [0.29, 0.717) is 22.6 Å². The standard InChI is InChI=1S/C18H13F2N3O/c19-12-3-1-11(2-4-12)17-10-14(7-8-22-17)23-18(24)15-9-13(21)5-6-16(15)20/h1-10H,21H2,(H,22,23,24). The summed E-state index contributed by atoms with van der Waals surface area (Å²) in [4.78, 5) is 16.4. The molecule has 3 rings (SSSR count). The summed E-state index contributed by atoms with van der Waals surface area (Å²) in [5.41, 5.74) is 7.43. The molecule has 0 unspecified atom stereocenters. The zero-order valence-corrected chi connectivity index (χ0v) is 12.5. The summed E-state index contributed by atoms with van der Waals surface area (Å²) in [6, 6.07) is 12.8. The third-order valence-corrected chi connectivity index (χ3v) is 3.39. The van der Waals surface area contributed by atoms with Gasteiger partial charge in [0.1, 0.15) is 11.6 Å². The second-order valence-electron chi connectivity index (χ2n) is 5.13. The smallest absolute Gasteiger partial charge is 0.258 e. The molecule has 0 atom stereocenters. The Bertz CT molecular complexity index is 895. The number of hydrogen-bond acceptors (Lipinski definition) is 3. The Morgan fingerprint density at radius 1 is 1.00 bits per heavy atom. The van der Waals surface area contributed by atoms with Crippen molar-refractivity contribution in [2.45, 2.75) is 0 Å². The fourth-order valence-corrected chi connectivity index (χ4v) is 2.20. The average Bonchev–Trinajstić information content (AvgIpc) is 2.58. The van der Waals surface area contributed by atoms with Crippen LogP contribution in [-0.2, 0) is 0 Å². The predicted octanol–water partition coefficient (Wildman–Crippen LogP) is 3.86. The van der Waals surface area contributed by atoms with Crippen molar-refractivity contribution in [3.63, 3.8) is 0 Å². The molecule has 6 heteroatoms. The van der Waals surface area contributed by atoms with Gasteiger partial charge < -0.3 is 11.1 Å². The highest BCUT2D eigenvalue weighted by molar-refractivity contribution is 6.05. The Morgan fingerprint density at radius 3 is 2.50 bits per heavy atom. The number of benzene rings is 2. The minimum absolute atomic E-state index is 0.143. The number of halogens is 2. The molecular weight excluding hydrogens is 312 g/mol. The Labute approximate surface area is 137 Å². The molecule has 4 nitrogen and oxygen atoms in total. The zero-order chi connectivity index (χ0) is 17.1. The van der Waals surface area contributed by atoms with Gasteiger partial charge in [0.15, 0.2) is 0 Å².